The SMILES string of the molecule is Cc1cc(OCc2ccc(C(=O)O)cc2F)ccc1Br. The van der Waals surface area contributed by atoms with Gasteiger partial charge in [0.1, 0.15) is 18.2 Å². The van der Waals surface area contributed by atoms with Crippen molar-refractivity contribution in [1.82, 2.24) is 0 Å². The summed E-state index contributed by atoms with van der Waals surface area (Å²) in [5.74, 6) is -1.11. The number of rotatable bonds is 4. The van der Waals surface area contributed by atoms with Gasteiger partial charge in [-0.3, -0.25) is 0 Å². The van der Waals surface area contributed by atoms with Crippen molar-refractivity contribution in [2.45, 2.75) is 13.5 Å². The van der Waals surface area contributed by atoms with Crippen LogP contribution in [0.4, 0.5) is 4.39 Å². The van der Waals surface area contributed by atoms with E-state index in [4.69, 9.17) is 9.84 Å². The Morgan fingerprint density at radius 3 is 2.65 bits per heavy atom. The van der Waals surface area contributed by atoms with E-state index >= 15 is 0 Å². The Balaban J connectivity index is 2.10. The fourth-order valence-electron chi connectivity index (χ4n) is 1.67. The number of benzene rings is 2. The summed E-state index contributed by atoms with van der Waals surface area (Å²) in [7, 11) is 0. The molecule has 104 valence electrons. The minimum Gasteiger partial charge on any atom is -0.489 e. The molecule has 2 rings (SSSR count). The summed E-state index contributed by atoms with van der Waals surface area (Å²) in [6.45, 7) is 1.98. The minimum atomic E-state index is -1.15. The molecule has 3 nitrogen and oxygen atoms in total. The Morgan fingerprint density at radius 2 is 2.05 bits per heavy atom. The van der Waals surface area contributed by atoms with Crippen LogP contribution in [0.15, 0.2) is 40.9 Å². The van der Waals surface area contributed by atoms with Gasteiger partial charge in [0.15, 0.2) is 0 Å². The van der Waals surface area contributed by atoms with Crippen LogP contribution in [0, 0.1) is 12.7 Å². The molecule has 1 N–H and O–H groups in total. The Kier molecular flexibility index (Phi) is 4.39. The summed E-state index contributed by atoms with van der Waals surface area (Å²) in [6.07, 6.45) is 0. The number of ether oxygens (including phenoxy) is 1. The van der Waals surface area contributed by atoms with Crippen molar-refractivity contribution in [3.05, 3.63) is 63.4 Å². The molecule has 0 unspecified atom stereocenters. The summed E-state index contributed by atoms with van der Waals surface area (Å²) < 4.78 is 20.2. The average Bonchev–Trinajstić information content (AvgIpc) is 2.41. The van der Waals surface area contributed by atoms with Gasteiger partial charge in [-0.25, -0.2) is 9.18 Å². The smallest absolute Gasteiger partial charge is 0.335 e. The van der Waals surface area contributed by atoms with Crippen molar-refractivity contribution in [3.63, 3.8) is 0 Å². The summed E-state index contributed by atoms with van der Waals surface area (Å²) >= 11 is 3.39. The third-order valence-electron chi connectivity index (χ3n) is 2.82. The fraction of sp³-hybridized carbons (Fsp3) is 0.133. The van der Waals surface area contributed by atoms with E-state index in [9.17, 15) is 9.18 Å². The number of hydrogen-bond donors (Lipinski definition) is 1. The van der Waals surface area contributed by atoms with Crippen molar-refractivity contribution < 1.29 is 19.0 Å². The molecule has 0 aromatic heterocycles. The molecule has 2 aromatic rings. The second-order valence-electron chi connectivity index (χ2n) is 4.31. The van der Waals surface area contributed by atoms with Gasteiger partial charge in [0.25, 0.3) is 0 Å². The third kappa shape index (κ3) is 3.36. The number of halogens is 2. The first-order valence-corrected chi connectivity index (χ1v) is 6.67. The summed E-state index contributed by atoms with van der Waals surface area (Å²) in [6, 6.07) is 9.25. The number of hydrogen-bond acceptors (Lipinski definition) is 2. The number of aromatic carboxylic acids is 1. The summed E-state index contributed by atoms with van der Waals surface area (Å²) in [4.78, 5) is 10.7. The van der Waals surface area contributed by atoms with E-state index in [1.54, 1.807) is 6.07 Å². The minimum absolute atomic E-state index is 0.0484. The number of carboxylic acid groups (broad SMARTS) is 1. The summed E-state index contributed by atoms with van der Waals surface area (Å²) in [5.41, 5.74) is 1.26. The first-order chi connectivity index (χ1) is 9.47. The van der Waals surface area contributed by atoms with Crippen molar-refractivity contribution in [3.8, 4) is 5.75 Å². The molecule has 0 saturated carbocycles. The van der Waals surface area contributed by atoms with Crippen LogP contribution >= 0.6 is 15.9 Å². The van der Waals surface area contributed by atoms with Crippen LogP contribution in [0.2, 0.25) is 0 Å². The largest absolute Gasteiger partial charge is 0.489 e. The zero-order valence-corrected chi connectivity index (χ0v) is 12.3. The normalized spacial score (nSPS) is 10.3. The highest BCUT2D eigenvalue weighted by Gasteiger charge is 2.09. The molecule has 0 aliphatic rings. The van der Waals surface area contributed by atoms with Gasteiger partial charge in [-0.05, 0) is 42.8 Å². The van der Waals surface area contributed by atoms with Crippen LogP contribution in [-0.2, 0) is 6.61 Å². The molecule has 0 amide bonds. The average molecular weight is 339 g/mol. The van der Waals surface area contributed by atoms with Gasteiger partial charge in [-0.15, -0.1) is 0 Å². The second-order valence-corrected chi connectivity index (χ2v) is 5.17. The van der Waals surface area contributed by atoms with Gasteiger partial charge in [-0.2, -0.15) is 0 Å². The van der Waals surface area contributed by atoms with Crippen molar-refractivity contribution in [2.24, 2.45) is 0 Å². The Labute approximate surface area is 124 Å². The lowest BCUT2D eigenvalue weighted by Crippen LogP contribution is -2.02. The molecule has 0 aliphatic heterocycles. The highest BCUT2D eigenvalue weighted by Crippen LogP contribution is 2.22. The van der Waals surface area contributed by atoms with Crippen LogP contribution < -0.4 is 4.74 Å². The zero-order chi connectivity index (χ0) is 14.7. The van der Waals surface area contributed by atoms with Crippen LogP contribution in [0.25, 0.3) is 0 Å². The van der Waals surface area contributed by atoms with Crippen molar-refractivity contribution in [1.29, 1.82) is 0 Å². The molecule has 20 heavy (non-hydrogen) atoms. The second kappa shape index (κ2) is 6.05. The molecule has 0 radical (unpaired) electrons. The Hall–Kier alpha value is -1.88. The molecule has 0 bridgehead atoms. The highest BCUT2D eigenvalue weighted by atomic mass is 79.9. The molecule has 0 fully saturated rings. The van der Waals surface area contributed by atoms with Gasteiger partial charge in [0.2, 0.25) is 0 Å². The van der Waals surface area contributed by atoms with E-state index in [1.807, 2.05) is 19.1 Å². The predicted octanol–water partition coefficient (Wildman–Crippen LogP) is 4.17. The maximum Gasteiger partial charge on any atom is 0.335 e. The first kappa shape index (κ1) is 14.5. The Morgan fingerprint density at radius 1 is 1.30 bits per heavy atom. The van der Waals surface area contributed by atoms with E-state index in [0.29, 0.717) is 11.3 Å². The van der Waals surface area contributed by atoms with Gasteiger partial charge >= 0.3 is 5.97 Å². The Bertz CT molecular complexity index is 656. The number of aryl methyl sites for hydroxylation is 1. The summed E-state index contributed by atoms with van der Waals surface area (Å²) in [5, 5.41) is 8.76. The van der Waals surface area contributed by atoms with Crippen LogP contribution in [0.1, 0.15) is 21.5 Å². The van der Waals surface area contributed by atoms with E-state index in [1.165, 1.54) is 12.1 Å². The molecule has 2 aromatic carbocycles. The standard InChI is InChI=1S/C15H12BrFO3/c1-9-6-12(4-5-13(9)16)20-8-11-3-2-10(15(18)19)7-14(11)17/h2-7H,8H2,1H3,(H,18,19). The van der Waals surface area contributed by atoms with Crippen molar-refractivity contribution in [2.75, 3.05) is 0 Å². The topological polar surface area (TPSA) is 46.5 Å². The van der Waals surface area contributed by atoms with E-state index in [0.717, 1.165) is 16.1 Å². The van der Waals surface area contributed by atoms with Crippen LogP contribution in [-0.4, -0.2) is 11.1 Å². The quantitative estimate of drug-likeness (QED) is 0.909. The lowest BCUT2D eigenvalue weighted by atomic mass is 10.1. The van der Waals surface area contributed by atoms with Crippen LogP contribution in [0.5, 0.6) is 5.75 Å². The first-order valence-electron chi connectivity index (χ1n) is 5.88. The van der Waals surface area contributed by atoms with Gasteiger partial charge in [-0.1, -0.05) is 22.0 Å². The number of carbonyl (C=O) groups is 1. The fourth-order valence-corrected chi connectivity index (χ4v) is 1.91. The zero-order valence-electron chi connectivity index (χ0n) is 10.7. The van der Waals surface area contributed by atoms with Gasteiger partial charge in [0.05, 0.1) is 5.56 Å². The highest BCUT2D eigenvalue weighted by molar-refractivity contribution is 9.10. The molecular weight excluding hydrogens is 327 g/mol. The predicted molar refractivity (Wildman–Crippen MR) is 76.6 cm³/mol. The van der Waals surface area contributed by atoms with Crippen LogP contribution in [0.3, 0.4) is 0 Å². The van der Waals surface area contributed by atoms with Crippen molar-refractivity contribution >= 4 is 21.9 Å². The lowest BCUT2D eigenvalue weighted by molar-refractivity contribution is 0.0696. The lowest BCUT2D eigenvalue weighted by Gasteiger charge is -2.09. The maximum atomic E-state index is 13.7. The van der Waals surface area contributed by atoms with Gasteiger partial charge in [0, 0.05) is 10.0 Å². The maximum absolute atomic E-state index is 13.7. The van der Waals surface area contributed by atoms with Gasteiger partial charge < -0.3 is 9.84 Å². The molecule has 0 heterocycles. The van der Waals surface area contributed by atoms with E-state index in [-0.39, 0.29) is 12.2 Å². The molecule has 5 heteroatoms. The monoisotopic (exact) mass is 338 g/mol. The molecular formula is C15H12BrFO3. The molecule has 0 atom stereocenters. The van der Waals surface area contributed by atoms with E-state index < -0.39 is 11.8 Å². The molecule has 0 aliphatic carbocycles. The molecule has 0 spiro atoms. The van der Waals surface area contributed by atoms with E-state index in [2.05, 4.69) is 15.9 Å². The third-order valence-corrected chi connectivity index (χ3v) is 3.71. The molecule has 0 saturated heterocycles. The number of carboxylic acids is 1.